The molecule has 3 aliphatic heterocycles. The predicted molar refractivity (Wildman–Crippen MR) is 141 cm³/mol. The van der Waals surface area contributed by atoms with Crippen LogP contribution in [0.2, 0.25) is 0 Å². The minimum absolute atomic E-state index is 0.0228. The van der Waals surface area contributed by atoms with Gasteiger partial charge in [-0.25, -0.2) is 8.78 Å². The molecular weight excluding hydrogens is 508 g/mol. The van der Waals surface area contributed by atoms with Crippen LogP contribution < -0.4 is 19.1 Å². The van der Waals surface area contributed by atoms with Crippen molar-refractivity contribution in [3.8, 4) is 28.5 Å². The van der Waals surface area contributed by atoms with Crippen LogP contribution in [-0.2, 0) is 17.8 Å². The number of carbonyl (C=O) groups is 1. The van der Waals surface area contributed by atoms with E-state index in [4.69, 9.17) is 14.2 Å². The largest absolute Gasteiger partial charge is 0.493 e. The maximum Gasteiger partial charge on any atom is 0.264 e. The lowest BCUT2D eigenvalue weighted by Gasteiger charge is -2.33. The highest BCUT2D eigenvalue weighted by molar-refractivity contribution is 5.83. The zero-order valence-corrected chi connectivity index (χ0v) is 22.0. The molecule has 1 N–H and O–H groups in total. The Morgan fingerprint density at radius 3 is 2.49 bits per heavy atom. The number of amides is 1. The highest BCUT2D eigenvalue weighted by Crippen LogP contribution is 2.40. The van der Waals surface area contributed by atoms with Gasteiger partial charge in [-0.3, -0.25) is 9.89 Å². The number of fused-ring (bicyclic) bond motifs is 2. The maximum absolute atomic E-state index is 15.1. The second-order valence-electron chi connectivity index (χ2n) is 9.93. The summed E-state index contributed by atoms with van der Waals surface area (Å²) in [7, 11) is 4.69. The van der Waals surface area contributed by atoms with Gasteiger partial charge in [0.1, 0.15) is 11.4 Å². The quantitative estimate of drug-likeness (QED) is 0.534. The first-order valence-electron chi connectivity index (χ1n) is 12.8. The van der Waals surface area contributed by atoms with Gasteiger partial charge < -0.3 is 28.9 Å². The van der Waals surface area contributed by atoms with Gasteiger partial charge >= 0.3 is 0 Å². The second-order valence-corrected chi connectivity index (χ2v) is 9.93. The molecule has 1 aromatic heterocycles. The third-order valence-electron chi connectivity index (χ3n) is 7.57. The number of methoxy groups -OCH3 is 2. The number of nitrogens with one attached hydrogen (secondary N) is 1. The van der Waals surface area contributed by atoms with Gasteiger partial charge in [-0.1, -0.05) is 0 Å². The number of hydrogen-bond acceptors (Lipinski definition) is 7. The molecule has 204 valence electrons. The van der Waals surface area contributed by atoms with Gasteiger partial charge in [0.2, 0.25) is 0 Å². The number of carbonyl (C=O) groups excluding carboxylic acids is 1. The minimum Gasteiger partial charge on any atom is -0.493 e. The molecular formula is C28H29F2N5O4. The van der Waals surface area contributed by atoms with Crippen LogP contribution in [0.1, 0.15) is 16.8 Å². The van der Waals surface area contributed by atoms with Gasteiger partial charge in [-0.05, 0) is 36.9 Å². The molecule has 6 rings (SSSR count). The van der Waals surface area contributed by atoms with E-state index in [1.54, 1.807) is 12.3 Å². The Bertz CT molecular complexity index is 1440. The van der Waals surface area contributed by atoms with E-state index in [1.807, 2.05) is 23.1 Å². The van der Waals surface area contributed by atoms with Crippen molar-refractivity contribution in [3.05, 3.63) is 58.9 Å². The van der Waals surface area contributed by atoms with Crippen LogP contribution in [0.3, 0.4) is 0 Å². The number of piperazine rings is 1. The van der Waals surface area contributed by atoms with Crippen LogP contribution in [0.4, 0.5) is 14.5 Å². The Labute approximate surface area is 224 Å². The van der Waals surface area contributed by atoms with Gasteiger partial charge in [0.05, 0.1) is 32.2 Å². The van der Waals surface area contributed by atoms with E-state index in [2.05, 4.69) is 22.1 Å². The van der Waals surface area contributed by atoms with Crippen LogP contribution >= 0.6 is 0 Å². The molecule has 0 spiro atoms. The number of rotatable bonds is 5. The molecule has 11 heteroatoms. The first-order valence-corrected chi connectivity index (χ1v) is 12.8. The van der Waals surface area contributed by atoms with E-state index in [1.165, 1.54) is 25.2 Å². The summed E-state index contributed by atoms with van der Waals surface area (Å²) >= 11 is 0. The van der Waals surface area contributed by atoms with Crippen LogP contribution in [0.5, 0.6) is 17.2 Å². The minimum atomic E-state index is -0.817. The molecule has 1 amide bonds. The van der Waals surface area contributed by atoms with Gasteiger partial charge in [0.15, 0.2) is 29.2 Å². The molecule has 3 aliphatic rings. The first-order chi connectivity index (χ1) is 18.9. The fourth-order valence-corrected chi connectivity index (χ4v) is 5.34. The van der Waals surface area contributed by atoms with Gasteiger partial charge in [0, 0.05) is 56.0 Å². The van der Waals surface area contributed by atoms with E-state index >= 15 is 8.78 Å². The molecule has 39 heavy (non-hydrogen) atoms. The topological polar surface area (TPSA) is 83.2 Å². The van der Waals surface area contributed by atoms with Crippen molar-refractivity contribution in [2.45, 2.75) is 19.1 Å². The van der Waals surface area contributed by atoms with Gasteiger partial charge in [-0.15, -0.1) is 0 Å². The first kappa shape index (κ1) is 25.2. The lowest BCUT2D eigenvalue weighted by molar-refractivity contribution is -0.139. The number of ether oxygens (including phenoxy) is 3. The molecule has 0 saturated carbocycles. The van der Waals surface area contributed by atoms with Crippen molar-refractivity contribution >= 4 is 17.7 Å². The molecule has 0 radical (unpaired) electrons. The van der Waals surface area contributed by atoms with E-state index in [0.717, 1.165) is 29.8 Å². The predicted octanol–water partition coefficient (Wildman–Crippen LogP) is 3.44. The average Bonchev–Trinajstić information content (AvgIpc) is 3.57. The summed E-state index contributed by atoms with van der Waals surface area (Å²) in [4.78, 5) is 18.6. The highest BCUT2D eigenvalue weighted by Gasteiger charge is 2.34. The number of nitrogens with zero attached hydrogens (tertiary/aromatic N) is 4. The molecule has 3 aromatic rings. The number of aromatic amines is 1. The average molecular weight is 538 g/mol. The van der Waals surface area contributed by atoms with Crippen LogP contribution in [0, 0.1) is 11.6 Å². The standard InChI is InChI=1S/C28H29F2N5O4/c1-33-8-10-34(11-9-33)28(36)23-13-17-12-16(4-5-20(17)39-23)26-18-6-7-35(15-19(18)31-32-26)27-24(29)21(37-2)14-22(38-3)25(27)30/h4-7,12,14,23H,8-11,13,15H2,1-3H3,(H,31,32). The Balaban J connectivity index is 1.23. The van der Waals surface area contributed by atoms with Crippen LogP contribution in [-0.4, -0.2) is 79.5 Å². The lowest BCUT2D eigenvalue weighted by atomic mass is 10.00. The van der Waals surface area contributed by atoms with E-state index in [-0.39, 0.29) is 29.6 Å². The molecule has 0 bridgehead atoms. The van der Waals surface area contributed by atoms with Gasteiger partial charge in [0.25, 0.3) is 5.91 Å². The van der Waals surface area contributed by atoms with Crippen molar-refractivity contribution < 1.29 is 27.8 Å². The number of hydrogen-bond donors (Lipinski definition) is 1. The summed E-state index contributed by atoms with van der Waals surface area (Å²) in [5.41, 5.74) is 3.78. The van der Waals surface area contributed by atoms with Crippen molar-refractivity contribution in [1.29, 1.82) is 0 Å². The van der Waals surface area contributed by atoms with Crippen molar-refractivity contribution in [2.75, 3.05) is 52.3 Å². The van der Waals surface area contributed by atoms with Crippen LogP contribution in [0.25, 0.3) is 17.3 Å². The van der Waals surface area contributed by atoms with E-state index in [0.29, 0.717) is 36.6 Å². The zero-order chi connectivity index (χ0) is 27.3. The number of halogens is 2. The fraction of sp³-hybridized carbons (Fsp3) is 0.357. The number of H-pyrrole nitrogens is 1. The summed E-state index contributed by atoms with van der Waals surface area (Å²) in [5.74, 6) is -1.13. The Hall–Kier alpha value is -4.12. The fourth-order valence-electron chi connectivity index (χ4n) is 5.34. The van der Waals surface area contributed by atoms with Gasteiger partial charge in [-0.2, -0.15) is 5.10 Å². The molecule has 0 aliphatic carbocycles. The number of benzene rings is 2. The summed E-state index contributed by atoms with van der Waals surface area (Å²) in [6, 6.07) is 6.96. The molecule has 4 heterocycles. The number of anilines is 1. The Kier molecular flexibility index (Phi) is 6.38. The third kappa shape index (κ3) is 4.36. The maximum atomic E-state index is 15.1. The van der Waals surface area contributed by atoms with Crippen molar-refractivity contribution in [3.63, 3.8) is 0 Å². The molecule has 1 unspecified atom stereocenters. The Morgan fingerprint density at radius 2 is 1.79 bits per heavy atom. The molecule has 9 nitrogen and oxygen atoms in total. The van der Waals surface area contributed by atoms with E-state index < -0.39 is 17.7 Å². The molecule has 2 aromatic carbocycles. The zero-order valence-electron chi connectivity index (χ0n) is 22.0. The normalized spacial score (nSPS) is 18.5. The molecule has 1 atom stereocenters. The smallest absolute Gasteiger partial charge is 0.264 e. The SMILES string of the molecule is COc1cc(OC)c(F)c(N2C=Cc3c(-c4ccc5c(c4)CC(C(=O)N4CCN(C)CC4)O5)n[nH]c3C2)c1F. The summed E-state index contributed by atoms with van der Waals surface area (Å²) in [5, 5.41) is 7.52. The van der Waals surface area contributed by atoms with E-state index in [9.17, 15) is 4.79 Å². The Morgan fingerprint density at radius 1 is 1.08 bits per heavy atom. The molecule has 1 fully saturated rings. The summed E-state index contributed by atoms with van der Waals surface area (Å²) < 4.78 is 46.3. The lowest BCUT2D eigenvalue weighted by Crippen LogP contribution is -2.51. The van der Waals surface area contributed by atoms with Crippen molar-refractivity contribution in [2.24, 2.45) is 0 Å². The third-order valence-corrected chi connectivity index (χ3v) is 7.57. The number of likely N-dealkylation sites (N-methyl/N-ethyl adjacent to an activating group) is 1. The van der Waals surface area contributed by atoms with Crippen molar-refractivity contribution in [1.82, 2.24) is 20.0 Å². The monoisotopic (exact) mass is 537 g/mol. The van der Waals surface area contributed by atoms with Crippen LogP contribution in [0.15, 0.2) is 30.5 Å². The number of aromatic nitrogens is 2. The molecule has 1 saturated heterocycles. The second kappa shape index (κ2) is 9.88. The summed E-state index contributed by atoms with van der Waals surface area (Å²) in [6.45, 7) is 3.29. The highest BCUT2D eigenvalue weighted by atomic mass is 19.1. The summed E-state index contributed by atoms with van der Waals surface area (Å²) in [6.07, 6.45) is 3.36.